The molecule has 3 nitrogen and oxygen atoms in total. The van der Waals surface area contributed by atoms with Gasteiger partial charge in [0.15, 0.2) is 0 Å². The molecule has 0 aromatic rings. The van der Waals surface area contributed by atoms with Crippen molar-refractivity contribution in [2.24, 2.45) is 5.73 Å². The fourth-order valence-corrected chi connectivity index (χ4v) is 3.33. The van der Waals surface area contributed by atoms with Gasteiger partial charge in [0, 0.05) is 18.7 Å². The fraction of sp³-hybridized carbons (Fsp3) is 0.923. The van der Waals surface area contributed by atoms with Crippen LogP contribution in [0.25, 0.3) is 0 Å². The SMILES string of the molecule is CCCCSCCC(=O)NC1(CN)CCCC1.Cl. The average molecular weight is 295 g/mol. The molecule has 18 heavy (non-hydrogen) atoms. The van der Waals surface area contributed by atoms with Gasteiger partial charge in [0.2, 0.25) is 5.91 Å². The van der Waals surface area contributed by atoms with Crippen molar-refractivity contribution in [1.82, 2.24) is 5.32 Å². The highest BCUT2D eigenvalue weighted by Gasteiger charge is 2.33. The molecular weight excluding hydrogens is 268 g/mol. The summed E-state index contributed by atoms with van der Waals surface area (Å²) in [5, 5.41) is 3.16. The molecule has 1 saturated carbocycles. The standard InChI is InChI=1S/C13H26N2OS.ClH/c1-2-3-9-17-10-6-12(16)15-13(11-14)7-4-5-8-13;/h2-11,14H2,1H3,(H,15,16);1H. The molecule has 0 atom stereocenters. The molecule has 0 spiro atoms. The molecule has 0 radical (unpaired) electrons. The molecule has 0 heterocycles. The molecule has 0 aliphatic heterocycles. The summed E-state index contributed by atoms with van der Waals surface area (Å²) in [6.45, 7) is 2.78. The number of thioether (sulfide) groups is 1. The van der Waals surface area contributed by atoms with Gasteiger partial charge < -0.3 is 11.1 Å². The van der Waals surface area contributed by atoms with Crippen LogP contribution in [0.2, 0.25) is 0 Å². The maximum Gasteiger partial charge on any atom is 0.221 e. The van der Waals surface area contributed by atoms with Gasteiger partial charge in [-0.1, -0.05) is 26.2 Å². The van der Waals surface area contributed by atoms with E-state index in [1.807, 2.05) is 11.8 Å². The lowest BCUT2D eigenvalue weighted by molar-refractivity contribution is -0.122. The Morgan fingerprint density at radius 1 is 1.33 bits per heavy atom. The Morgan fingerprint density at radius 2 is 2.00 bits per heavy atom. The van der Waals surface area contributed by atoms with Crippen molar-refractivity contribution in [1.29, 1.82) is 0 Å². The van der Waals surface area contributed by atoms with Gasteiger partial charge in [-0.3, -0.25) is 4.79 Å². The third-order valence-corrected chi connectivity index (χ3v) is 4.54. The zero-order valence-corrected chi connectivity index (χ0v) is 13.0. The van der Waals surface area contributed by atoms with E-state index in [9.17, 15) is 4.79 Å². The molecule has 0 bridgehead atoms. The zero-order chi connectivity index (χ0) is 12.6. The molecule has 1 amide bonds. The normalized spacial score (nSPS) is 17.2. The number of hydrogen-bond donors (Lipinski definition) is 2. The summed E-state index contributed by atoms with van der Waals surface area (Å²) in [6, 6.07) is 0. The van der Waals surface area contributed by atoms with E-state index in [-0.39, 0.29) is 23.9 Å². The van der Waals surface area contributed by atoms with Crippen molar-refractivity contribution in [2.45, 2.75) is 57.4 Å². The van der Waals surface area contributed by atoms with E-state index in [1.54, 1.807) is 0 Å². The highest BCUT2D eigenvalue weighted by atomic mass is 35.5. The van der Waals surface area contributed by atoms with E-state index in [2.05, 4.69) is 12.2 Å². The van der Waals surface area contributed by atoms with Gasteiger partial charge in [0.1, 0.15) is 0 Å². The predicted molar refractivity (Wildman–Crippen MR) is 82.5 cm³/mol. The first-order valence-corrected chi connectivity index (χ1v) is 7.97. The second kappa shape index (κ2) is 9.93. The lowest BCUT2D eigenvalue weighted by atomic mass is 9.98. The van der Waals surface area contributed by atoms with Crippen molar-refractivity contribution in [3.8, 4) is 0 Å². The molecule has 3 N–H and O–H groups in total. The summed E-state index contributed by atoms with van der Waals surface area (Å²) in [5.41, 5.74) is 5.71. The van der Waals surface area contributed by atoms with Gasteiger partial charge in [-0.05, 0) is 25.0 Å². The summed E-state index contributed by atoms with van der Waals surface area (Å²) in [5.74, 6) is 2.29. The Balaban J connectivity index is 0.00000289. The summed E-state index contributed by atoms with van der Waals surface area (Å²) in [7, 11) is 0. The maximum absolute atomic E-state index is 11.8. The number of amides is 1. The Labute approximate surface area is 121 Å². The smallest absolute Gasteiger partial charge is 0.221 e. The summed E-state index contributed by atoms with van der Waals surface area (Å²) in [4.78, 5) is 11.8. The number of hydrogen-bond acceptors (Lipinski definition) is 3. The van der Waals surface area contributed by atoms with Gasteiger partial charge >= 0.3 is 0 Å². The Bertz CT molecular complexity index is 233. The van der Waals surface area contributed by atoms with Crippen LogP contribution < -0.4 is 11.1 Å². The van der Waals surface area contributed by atoms with Crippen molar-refractivity contribution < 1.29 is 4.79 Å². The minimum atomic E-state index is -0.0782. The van der Waals surface area contributed by atoms with E-state index >= 15 is 0 Å². The van der Waals surface area contributed by atoms with E-state index in [1.165, 1.54) is 31.4 Å². The number of unbranched alkanes of at least 4 members (excludes halogenated alkanes) is 1. The molecule has 1 aliphatic carbocycles. The molecule has 0 saturated heterocycles. The van der Waals surface area contributed by atoms with Crippen molar-refractivity contribution >= 4 is 30.1 Å². The van der Waals surface area contributed by atoms with Gasteiger partial charge in [-0.25, -0.2) is 0 Å². The number of nitrogens with one attached hydrogen (secondary N) is 1. The van der Waals surface area contributed by atoms with Crippen LogP contribution >= 0.6 is 24.2 Å². The highest BCUT2D eigenvalue weighted by Crippen LogP contribution is 2.28. The van der Waals surface area contributed by atoms with E-state index in [0.717, 1.165) is 18.6 Å². The van der Waals surface area contributed by atoms with E-state index < -0.39 is 0 Å². The molecule has 5 heteroatoms. The number of halogens is 1. The molecule has 0 aromatic carbocycles. The Hall–Kier alpha value is 0.0700. The molecule has 1 aliphatic rings. The maximum atomic E-state index is 11.8. The van der Waals surface area contributed by atoms with Crippen molar-refractivity contribution in [3.63, 3.8) is 0 Å². The Morgan fingerprint density at radius 3 is 2.56 bits per heavy atom. The largest absolute Gasteiger partial charge is 0.349 e. The zero-order valence-electron chi connectivity index (χ0n) is 11.4. The van der Waals surface area contributed by atoms with Gasteiger partial charge in [0.25, 0.3) is 0 Å². The summed E-state index contributed by atoms with van der Waals surface area (Å²) in [6.07, 6.45) is 7.62. The first kappa shape index (κ1) is 18.1. The molecular formula is C13H27ClN2OS. The van der Waals surface area contributed by atoms with E-state index in [0.29, 0.717) is 13.0 Å². The van der Waals surface area contributed by atoms with Crippen LogP contribution in [0.5, 0.6) is 0 Å². The van der Waals surface area contributed by atoms with Gasteiger partial charge in [0.05, 0.1) is 5.54 Å². The van der Waals surface area contributed by atoms with Crippen LogP contribution in [0, 0.1) is 0 Å². The first-order chi connectivity index (χ1) is 8.22. The number of carbonyl (C=O) groups excluding carboxylic acids is 1. The third-order valence-electron chi connectivity index (χ3n) is 3.47. The van der Waals surface area contributed by atoms with E-state index in [4.69, 9.17) is 5.73 Å². The minimum Gasteiger partial charge on any atom is -0.349 e. The average Bonchev–Trinajstić information content (AvgIpc) is 2.78. The summed E-state index contributed by atoms with van der Waals surface area (Å²) < 4.78 is 0. The number of carbonyl (C=O) groups is 1. The van der Waals surface area contributed by atoms with Crippen LogP contribution in [-0.4, -0.2) is 29.5 Å². The Kier molecular flexibility index (Phi) is 9.97. The summed E-state index contributed by atoms with van der Waals surface area (Å²) >= 11 is 1.88. The number of rotatable bonds is 8. The molecule has 1 rings (SSSR count). The second-order valence-corrected chi connectivity index (χ2v) is 6.18. The van der Waals surface area contributed by atoms with Crippen molar-refractivity contribution in [3.05, 3.63) is 0 Å². The van der Waals surface area contributed by atoms with Crippen LogP contribution in [0.3, 0.4) is 0 Å². The van der Waals surface area contributed by atoms with Gasteiger partial charge in [-0.15, -0.1) is 12.4 Å². The molecule has 0 aromatic heterocycles. The number of nitrogens with two attached hydrogens (primary N) is 1. The monoisotopic (exact) mass is 294 g/mol. The minimum absolute atomic E-state index is 0. The fourth-order valence-electron chi connectivity index (χ4n) is 2.30. The van der Waals surface area contributed by atoms with Crippen molar-refractivity contribution in [2.75, 3.05) is 18.1 Å². The molecule has 0 unspecified atom stereocenters. The highest BCUT2D eigenvalue weighted by molar-refractivity contribution is 7.99. The topological polar surface area (TPSA) is 55.1 Å². The molecule has 1 fully saturated rings. The third kappa shape index (κ3) is 6.30. The van der Waals surface area contributed by atoms with Gasteiger partial charge in [-0.2, -0.15) is 11.8 Å². The second-order valence-electron chi connectivity index (χ2n) is 4.96. The lowest BCUT2D eigenvalue weighted by Gasteiger charge is -2.28. The first-order valence-electron chi connectivity index (χ1n) is 6.81. The molecule has 108 valence electrons. The quantitative estimate of drug-likeness (QED) is 0.677. The van der Waals surface area contributed by atoms with Crippen LogP contribution in [0.15, 0.2) is 0 Å². The lowest BCUT2D eigenvalue weighted by Crippen LogP contribution is -2.51. The predicted octanol–water partition coefficient (Wildman–Crippen LogP) is 2.72. The van der Waals surface area contributed by atoms with Crippen LogP contribution in [0.4, 0.5) is 0 Å². The van der Waals surface area contributed by atoms with Crippen LogP contribution in [-0.2, 0) is 4.79 Å². The van der Waals surface area contributed by atoms with Crippen LogP contribution in [0.1, 0.15) is 51.9 Å².